The number of fused-ring (bicyclic) bond motifs is 1. The molecule has 0 aliphatic carbocycles. The van der Waals surface area contributed by atoms with E-state index in [0.29, 0.717) is 16.8 Å². The Balaban J connectivity index is 0.00000385. The van der Waals surface area contributed by atoms with E-state index < -0.39 is 36.3 Å². The molecule has 2 aromatic carbocycles. The van der Waals surface area contributed by atoms with Gasteiger partial charge in [-0.05, 0) is 49.8 Å². The number of nitrogens with zero attached hydrogens (tertiary/aromatic N) is 1. The van der Waals surface area contributed by atoms with Crippen molar-refractivity contribution in [2.24, 2.45) is 0 Å². The van der Waals surface area contributed by atoms with E-state index in [9.17, 15) is 33.3 Å². The molecule has 0 aliphatic heterocycles. The summed E-state index contributed by atoms with van der Waals surface area (Å²) in [5.41, 5.74) is 2.63. The number of carbonyl (C=O) groups is 1. The van der Waals surface area contributed by atoms with Crippen LogP contribution in [0.3, 0.4) is 0 Å². The summed E-state index contributed by atoms with van der Waals surface area (Å²) in [6.07, 6.45) is -4.25. The van der Waals surface area contributed by atoms with Crippen LogP contribution in [0, 0.1) is 5.82 Å². The Kier molecular flexibility index (Phi) is 8.95. The van der Waals surface area contributed by atoms with Gasteiger partial charge in [0, 0.05) is 40.6 Å². The molecule has 33 heavy (non-hydrogen) atoms. The topological polar surface area (TPSA) is 85.5 Å². The number of alkyl halides is 2. The summed E-state index contributed by atoms with van der Waals surface area (Å²) in [7, 11) is 0. The van der Waals surface area contributed by atoms with Gasteiger partial charge in [-0.3, -0.25) is 0 Å². The van der Waals surface area contributed by atoms with Crippen LogP contribution >= 0.6 is 0 Å². The van der Waals surface area contributed by atoms with Crippen LogP contribution < -0.4 is 34.7 Å². The number of para-hydroxylation sites is 1. The van der Waals surface area contributed by atoms with Gasteiger partial charge in [0.05, 0.1) is 0 Å². The number of aliphatic carboxylic acids is 1. The molecule has 0 aliphatic rings. The van der Waals surface area contributed by atoms with Crippen LogP contribution in [0.25, 0.3) is 28.1 Å². The Bertz CT molecular complexity index is 1140. The van der Waals surface area contributed by atoms with E-state index in [0.717, 1.165) is 17.0 Å². The number of hydrogen-bond donors (Lipinski definition) is 2. The van der Waals surface area contributed by atoms with E-state index in [1.54, 1.807) is 12.1 Å². The van der Waals surface area contributed by atoms with Crippen molar-refractivity contribution in [3.63, 3.8) is 0 Å². The Hall–Kier alpha value is -2.10. The summed E-state index contributed by atoms with van der Waals surface area (Å²) in [6.45, 7) is 3.82. The first-order valence-corrected chi connectivity index (χ1v) is 10.0. The summed E-state index contributed by atoms with van der Waals surface area (Å²) in [6, 6.07) is 13.0. The number of carbonyl (C=O) groups excluding carboxylic acids is 1. The average molecular weight is 469 g/mol. The first-order valence-electron chi connectivity index (χ1n) is 10.0. The number of aromatic nitrogens is 1. The predicted octanol–water partition coefficient (Wildman–Crippen LogP) is 0.543. The van der Waals surface area contributed by atoms with Crippen molar-refractivity contribution in [1.82, 2.24) is 4.57 Å². The minimum absolute atomic E-state index is 0. The largest absolute Gasteiger partial charge is 1.00 e. The first kappa shape index (κ1) is 27.1. The fourth-order valence-electron chi connectivity index (χ4n) is 3.72. The van der Waals surface area contributed by atoms with Gasteiger partial charge in [-0.1, -0.05) is 30.3 Å². The van der Waals surface area contributed by atoms with Crippen LogP contribution in [0.15, 0.2) is 54.6 Å². The summed E-state index contributed by atoms with van der Waals surface area (Å²) in [5.74, 6) is -6.39. The fourth-order valence-corrected chi connectivity index (χ4v) is 3.72. The van der Waals surface area contributed by atoms with E-state index in [1.807, 2.05) is 42.7 Å². The van der Waals surface area contributed by atoms with E-state index >= 15 is 0 Å². The van der Waals surface area contributed by atoms with Gasteiger partial charge in [-0.2, -0.15) is 0 Å². The molecule has 0 saturated carbocycles. The number of aliphatic hydroxyl groups excluding tert-OH is 2. The zero-order chi connectivity index (χ0) is 23.6. The molecule has 0 radical (unpaired) electrons. The number of benzene rings is 2. The van der Waals surface area contributed by atoms with Crippen LogP contribution in [0.5, 0.6) is 0 Å². The number of carboxylic acid groups (broad SMARTS) is 1. The van der Waals surface area contributed by atoms with Gasteiger partial charge in [-0.25, -0.2) is 13.2 Å². The molecule has 1 heterocycles. The van der Waals surface area contributed by atoms with Gasteiger partial charge in [0.2, 0.25) is 0 Å². The van der Waals surface area contributed by atoms with Crippen LogP contribution in [0.4, 0.5) is 13.2 Å². The minimum atomic E-state index is -4.11. The van der Waals surface area contributed by atoms with Crippen molar-refractivity contribution in [2.45, 2.75) is 44.4 Å². The molecule has 0 spiro atoms. The van der Waals surface area contributed by atoms with Crippen LogP contribution in [0.1, 0.15) is 32.0 Å². The maximum Gasteiger partial charge on any atom is 1.00 e. The SMILES string of the molecule is CC(C)n1c(/C=C/[C@@H](O)C(F)(F)[C@@H](O)CC(=O)[O-])c(-c2ccc(F)cc2)c2ccccc21.[Na+]. The predicted molar refractivity (Wildman–Crippen MR) is 113 cm³/mol. The third-order valence-corrected chi connectivity index (χ3v) is 5.23. The molecule has 170 valence electrons. The fraction of sp³-hybridized carbons (Fsp3) is 0.292. The van der Waals surface area contributed by atoms with E-state index in [-0.39, 0.29) is 35.6 Å². The molecule has 0 unspecified atom stereocenters. The smallest absolute Gasteiger partial charge is 0.550 e. The average Bonchev–Trinajstić information content (AvgIpc) is 3.06. The molecule has 0 amide bonds. The molecular weight excluding hydrogens is 446 g/mol. The van der Waals surface area contributed by atoms with Gasteiger partial charge in [-0.15, -0.1) is 0 Å². The summed E-state index contributed by atoms with van der Waals surface area (Å²) >= 11 is 0. The third-order valence-electron chi connectivity index (χ3n) is 5.23. The Labute approximate surface area is 211 Å². The second-order valence-corrected chi connectivity index (χ2v) is 7.82. The summed E-state index contributed by atoms with van der Waals surface area (Å²) in [4.78, 5) is 10.6. The monoisotopic (exact) mass is 469 g/mol. The molecule has 0 bridgehead atoms. The molecule has 9 heteroatoms. The van der Waals surface area contributed by atoms with Gasteiger partial charge in [0.25, 0.3) is 0 Å². The maximum absolute atomic E-state index is 14.3. The van der Waals surface area contributed by atoms with Crippen molar-refractivity contribution in [2.75, 3.05) is 0 Å². The van der Waals surface area contributed by atoms with Gasteiger partial charge >= 0.3 is 35.5 Å². The van der Waals surface area contributed by atoms with E-state index in [1.165, 1.54) is 18.2 Å². The Morgan fingerprint density at radius 1 is 1.12 bits per heavy atom. The number of rotatable bonds is 8. The molecular formula is C24H23F3NNaO4. The van der Waals surface area contributed by atoms with Crippen molar-refractivity contribution in [3.8, 4) is 11.1 Å². The van der Waals surface area contributed by atoms with Crippen LogP contribution in [-0.4, -0.2) is 38.9 Å². The van der Waals surface area contributed by atoms with E-state index in [2.05, 4.69) is 0 Å². The number of hydrogen-bond acceptors (Lipinski definition) is 4. The Morgan fingerprint density at radius 3 is 2.30 bits per heavy atom. The van der Waals surface area contributed by atoms with Crippen LogP contribution in [0.2, 0.25) is 0 Å². The van der Waals surface area contributed by atoms with Crippen molar-refractivity contribution < 1.29 is 62.8 Å². The number of carboxylic acids is 1. The van der Waals surface area contributed by atoms with Crippen molar-refractivity contribution in [1.29, 1.82) is 0 Å². The van der Waals surface area contributed by atoms with Gasteiger partial charge in [0.15, 0.2) is 0 Å². The molecule has 1 aromatic heterocycles. The molecule has 2 atom stereocenters. The molecule has 3 rings (SSSR count). The van der Waals surface area contributed by atoms with Gasteiger partial charge < -0.3 is 24.7 Å². The van der Waals surface area contributed by atoms with E-state index in [4.69, 9.17) is 0 Å². The summed E-state index contributed by atoms with van der Waals surface area (Å²) in [5, 5.41) is 31.0. The zero-order valence-corrected chi connectivity index (χ0v) is 20.5. The standard InChI is InChI=1S/C24H24F3NO4.Na/c1-14(2)28-18-6-4-3-5-17(18)23(15-7-9-16(25)10-8-15)19(28)11-12-20(29)24(26,27)21(30)13-22(31)32;/h3-12,14,20-21,29-30H,13H2,1-2H3,(H,31,32);/q;+1/p-1/b12-11+;/t20-,21+;/m1./s1. The second kappa shape index (κ2) is 10.9. The quantitative estimate of drug-likeness (QED) is 0.472. The van der Waals surface area contributed by atoms with Crippen LogP contribution in [-0.2, 0) is 4.79 Å². The molecule has 0 saturated heterocycles. The number of aliphatic hydroxyl groups is 2. The molecule has 2 N–H and O–H groups in total. The minimum Gasteiger partial charge on any atom is -0.550 e. The maximum atomic E-state index is 14.3. The molecule has 3 aromatic rings. The zero-order valence-electron chi connectivity index (χ0n) is 18.5. The van der Waals surface area contributed by atoms with Crippen molar-refractivity contribution in [3.05, 3.63) is 66.1 Å². The van der Waals surface area contributed by atoms with Gasteiger partial charge in [0.1, 0.15) is 18.0 Å². The Morgan fingerprint density at radius 2 is 1.73 bits per heavy atom. The first-order chi connectivity index (χ1) is 15.0. The van der Waals surface area contributed by atoms with Crippen molar-refractivity contribution >= 4 is 22.9 Å². The second-order valence-electron chi connectivity index (χ2n) is 7.82. The summed E-state index contributed by atoms with van der Waals surface area (Å²) < 4.78 is 44.0. The molecule has 5 nitrogen and oxygen atoms in total. The third kappa shape index (κ3) is 5.70. The number of halogens is 3. The normalized spacial score (nSPS) is 13.9. The molecule has 0 fully saturated rings.